The molecule has 1 saturated heterocycles. The number of aliphatic imine (C=N–C) groups is 1. The molecule has 0 amide bonds. The van der Waals surface area contributed by atoms with Crippen LogP contribution in [0.15, 0.2) is 23.3 Å². The highest BCUT2D eigenvalue weighted by Crippen LogP contribution is 2.20. The van der Waals surface area contributed by atoms with Crippen molar-refractivity contribution in [2.75, 3.05) is 26.7 Å². The maximum Gasteiger partial charge on any atom is 0.422 e. The number of rotatable bonds is 6. The van der Waals surface area contributed by atoms with Gasteiger partial charge in [-0.3, -0.25) is 9.89 Å². The summed E-state index contributed by atoms with van der Waals surface area (Å²) in [5.41, 5.74) is 0.535. The molecular weight excluding hydrogens is 359 g/mol. The highest BCUT2D eigenvalue weighted by atomic mass is 19.4. The third-order valence-electron chi connectivity index (χ3n) is 4.59. The lowest BCUT2D eigenvalue weighted by molar-refractivity contribution is -0.154. The van der Waals surface area contributed by atoms with Gasteiger partial charge in [0.2, 0.25) is 5.88 Å². The van der Waals surface area contributed by atoms with Crippen LogP contribution >= 0.6 is 0 Å². The van der Waals surface area contributed by atoms with E-state index in [-0.39, 0.29) is 18.5 Å². The van der Waals surface area contributed by atoms with Gasteiger partial charge in [0.05, 0.1) is 0 Å². The SMILES string of the molecule is CN=C(NCc1cccnc1OCC(F)(F)F)NC1CN(C(C)C)CC1C. The number of guanidine groups is 1. The first-order valence-electron chi connectivity index (χ1n) is 9.04. The van der Waals surface area contributed by atoms with Crippen molar-refractivity contribution in [1.82, 2.24) is 20.5 Å². The van der Waals surface area contributed by atoms with E-state index < -0.39 is 12.8 Å². The molecule has 1 aromatic rings. The molecule has 0 spiro atoms. The number of aromatic nitrogens is 1. The molecule has 6 nitrogen and oxygen atoms in total. The van der Waals surface area contributed by atoms with E-state index in [0.717, 1.165) is 13.1 Å². The number of pyridine rings is 1. The number of hydrogen-bond acceptors (Lipinski definition) is 4. The van der Waals surface area contributed by atoms with Crippen molar-refractivity contribution in [3.63, 3.8) is 0 Å². The van der Waals surface area contributed by atoms with Crippen LogP contribution in [0.3, 0.4) is 0 Å². The fourth-order valence-corrected chi connectivity index (χ4v) is 3.00. The third-order valence-corrected chi connectivity index (χ3v) is 4.59. The van der Waals surface area contributed by atoms with Crippen LogP contribution in [0.25, 0.3) is 0 Å². The summed E-state index contributed by atoms with van der Waals surface area (Å²) in [6.45, 7) is 7.37. The molecule has 1 aliphatic heterocycles. The largest absolute Gasteiger partial charge is 0.468 e. The average molecular weight is 387 g/mol. The van der Waals surface area contributed by atoms with Crippen molar-refractivity contribution in [1.29, 1.82) is 0 Å². The molecule has 2 heterocycles. The minimum atomic E-state index is -4.40. The molecule has 2 rings (SSSR count). The molecule has 152 valence electrons. The van der Waals surface area contributed by atoms with Gasteiger partial charge in [-0.25, -0.2) is 4.98 Å². The Morgan fingerprint density at radius 2 is 2.15 bits per heavy atom. The monoisotopic (exact) mass is 387 g/mol. The Hall–Kier alpha value is -2.03. The zero-order chi connectivity index (χ0) is 20.0. The molecule has 1 fully saturated rings. The molecular formula is C18H28F3N5O. The summed E-state index contributed by atoms with van der Waals surface area (Å²) in [6, 6.07) is 4.08. The summed E-state index contributed by atoms with van der Waals surface area (Å²) < 4.78 is 42.0. The topological polar surface area (TPSA) is 61.8 Å². The third kappa shape index (κ3) is 6.57. The molecule has 27 heavy (non-hydrogen) atoms. The second-order valence-electron chi connectivity index (χ2n) is 7.07. The molecule has 0 saturated carbocycles. The van der Waals surface area contributed by atoms with Crippen molar-refractivity contribution in [2.45, 2.75) is 45.6 Å². The van der Waals surface area contributed by atoms with Crippen molar-refractivity contribution in [3.05, 3.63) is 23.9 Å². The fourth-order valence-electron chi connectivity index (χ4n) is 3.00. The Bertz CT molecular complexity index is 636. The van der Waals surface area contributed by atoms with Gasteiger partial charge in [-0.1, -0.05) is 13.0 Å². The molecule has 0 aromatic carbocycles. The lowest BCUT2D eigenvalue weighted by atomic mass is 10.1. The zero-order valence-electron chi connectivity index (χ0n) is 16.2. The maximum atomic E-state index is 12.4. The van der Waals surface area contributed by atoms with Gasteiger partial charge in [-0.15, -0.1) is 0 Å². The second-order valence-corrected chi connectivity index (χ2v) is 7.07. The van der Waals surface area contributed by atoms with Gasteiger partial charge in [0.1, 0.15) is 0 Å². The van der Waals surface area contributed by atoms with Crippen LogP contribution in [0.1, 0.15) is 26.3 Å². The first kappa shape index (κ1) is 21.3. The minimum Gasteiger partial charge on any atom is -0.468 e. The number of ether oxygens (including phenoxy) is 1. The van der Waals surface area contributed by atoms with E-state index in [4.69, 9.17) is 4.74 Å². The van der Waals surface area contributed by atoms with Crippen LogP contribution in [0.2, 0.25) is 0 Å². The predicted octanol–water partition coefficient (Wildman–Crippen LogP) is 2.42. The summed E-state index contributed by atoms with van der Waals surface area (Å²) in [5.74, 6) is 1.04. The van der Waals surface area contributed by atoms with Crippen LogP contribution in [-0.4, -0.2) is 60.8 Å². The standard InChI is InChI=1S/C18H28F3N5O/c1-12(2)26-9-13(3)15(10-26)25-17(22-4)24-8-14-6-5-7-23-16(14)27-11-18(19,20)21/h5-7,12-13,15H,8-11H2,1-4H3,(H2,22,24,25). The van der Waals surface area contributed by atoms with Crippen LogP contribution in [-0.2, 0) is 6.54 Å². The number of likely N-dealkylation sites (tertiary alicyclic amines) is 1. The van der Waals surface area contributed by atoms with Gasteiger partial charge in [0.25, 0.3) is 0 Å². The smallest absolute Gasteiger partial charge is 0.422 e. The number of nitrogens with zero attached hydrogens (tertiary/aromatic N) is 3. The van der Waals surface area contributed by atoms with Gasteiger partial charge in [0.15, 0.2) is 12.6 Å². The van der Waals surface area contributed by atoms with Crippen molar-refractivity contribution in [2.24, 2.45) is 10.9 Å². The van der Waals surface area contributed by atoms with Crippen molar-refractivity contribution in [3.8, 4) is 5.88 Å². The number of hydrogen-bond donors (Lipinski definition) is 2. The second kappa shape index (κ2) is 9.25. The van der Waals surface area contributed by atoms with Gasteiger partial charge in [-0.2, -0.15) is 13.2 Å². The van der Waals surface area contributed by atoms with E-state index in [9.17, 15) is 13.2 Å². The Morgan fingerprint density at radius 3 is 2.74 bits per heavy atom. The maximum absolute atomic E-state index is 12.4. The van der Waals surface area contributed by atoms with E-state index in [0.29, 0.717) is 23.5 Å². The van der Waals surface area contributed by atoms with Crippen LogP contribution in [0.5, 0.6) is 5.88 Å². The Labute approximate surface area is 158 Å². The minimum absolute atomic E-state index is 0.0296. The number of halogens is 3. The van der Waals surface area contributed by atoms with Crippen LogP contribution < -0.4 is 15.4 Å². The highest BCUT2D eigenvalue weighted by Gasteiger charge is 2.31. The van der Waals surface area contributed by atoms with E-state index in [1.165, 1.54) is 6.20 Å². The number of nitrogens with one attached hydrogen (secondary N) is 2. The van der Waals surface area contributed by atoms with E-state index >= 15 is 0 Å². The summed E-state index contributed by atoms with van der Waals surface area (Å²) in [7, 11) is 1.67. The first-order valence-corrected chi connectivity index (χ1v) is 9.04. The lowest BCUT2D eigenvalue weighted by Gasteiger charge is -2.22. The molecule has 2 N–H and O–H groups in total. The number of alkyl halides is 3. The molecule has 1 aromatic heterocycles. The lowest BCUT2D eigenvalue weighted by Crippen LogP contribution is -2.46. The first-order chi connectivity index (χ1) is 12.7. The molecule has 0 bridgehead atoms. The Balaban J connectivity index is 1.93. The predicted molar refractivity (Wildman–Crippen MR) is 98.8 cm³/mol. The molecule has 2 atom stereocenters. The molecule has 2 unspecified atom stereocenters. The molecule has 1 aliphatic rings. The summed E-state index contributed by atoms with van der Waals surface area (Å²) in [6.07, 6.45) is -3.00. The summed E-state index contributed by atoms with van der Waals surface area (Å²) in [5, 5.41) is 6.54. The molecule has 0 aliphatic carbocycles. The quantitative estimate of drug-likeness (QED) is 0.580. The molecule has 9 heteroatoms. The van der Waals surface area contributed by atoms with Gasteiger partial charge >= 0.3 is 6.18 Å². The summed E-state index contributed by atoms with van der Waals surface area (Å²) in [4.78, 5) is 10.5. The Morgan fingerprint density at radius 1 is 1.41 bits per heavy atom. The van der Waals surface area contributed by atoms with E-state index in [1.54, 1.807) is 19.2 Å². The zero-order valence-corrected chi connectivity index (χ0v) is 16.2. The van der Waals surface area contributed by atoms with Crippen molar-refractivity contribution < 1.29 is 17.9 Å². The molecule has 0 radical (unpaired) electrons. The summed E-state index contributed by atoms with van der Waals surface area (Å²) >= 11 is 0. The van der Waals surface area contributed by atoms with Gasteiger partial charge in [0, 0.05) is 50.5 Å². The van der Waals surface area contributed by atoms with E-state index in [2.05, 4.69) is 46.3 Å². The van der Waals surface area contributed by atoms with Gasteiger partial charge < -0.3 is 15.4 Å². The highest BCUT2D eigenvalue weighted by molar-refractivity contribution is 5.80. The van der Waals surface area contributed by atoms with Crippen molar-refractivity contribution >= 4 is 5.96 Å². The van der Waals surface area contributed by atoms with Gasteiger partial charge in [-0.05, 0) is 25.8 Å². The normalized spacial score (nSPS) is 21.6. The van der Waals surface area contributed by atoms with E-state index in [1.807, 2.05) is 0 Å². The van der Waals surface area contributed by atoms with Crippen LogP contribution in [0, 0.1) is 5.92 Å². The Kier molecular flexibility index (Phi) is 7.29. The fraction of sp³-hybridized carbons (Fsp3) is 0.667. The average Bonchev–Trinajstić information content (AvgIpc) is 2.97. The van der Waals surface area contributed by atoms with Crippen LogP contribution in [0.4, 0.5) is 13.2 Å².